The predicted octanol–water partition coefficient (Wildman–Crippen LogP) is 3.13. The SMILES string of the molecule is CCNc1ccc(C(=O)N2CCCCCC2)cc1. The molecule has 1 aliphatic heterocycles. The highest BCUT2D eigenvalue weighted by atomic mass is 16.2. The molecule has 1 fully saturated rings. The lowest BCUT2D eigenvalue weighted by molar-refractivity contribution is 0.0761. The predicted molar refractivity (Wildman–Crippen MR) is 75.0 cm³/mol. The van der Waals surface area contributed by atoms with Crippen LogP contribution in [0.15, 0.2) is 24.3 Å². The lowest BCUT2D eigenvalue weighted by Gasteiger charge is -2.20. The standard InChI is InChI=1S/C15H22N2O/c1-2-16-14-9-7-13(8-10-14)15(18)17-11-5-3-4-6-12-17/h7-10,16H,2-6,11-12H2,1H3. The maximum Gasteiger partial charge on any atom is 0.253 e. The van der Waals surface area contributed by atoms with Crippen LogP contribution in [0.25, 0.3) is 0 Å². The molecule has 98 valence electrons. The first-order chi connectivity index (χ1) is 8.81. The molecule has 0 unspecified atom stereocenters. The van der Waals surface area contributed by atoms with Gasteiger partial charge in [-0.3, -0.25) is 4.79 Å². The van der Waals surface area contributed by atoms with Crippen molar-refractivity contribution in [2.45, 2.75) is 32.6 Å². The van der Waals surface area contributed by atoms with Gasteiger partial charge in [0, 0.05) is 30.9 Å². The summed E-state index contributed by atoms with van der Waals surface area (Å²) in [5, 5.41) is 3.24. The van der Waals surface area contributed by atoms with Gasteiger partial charge in [-0.1, -0.05) is 12.8 Å². The number of anilines is 1. The van der Waals surface area contributed by atoms with Gasteiger partial charge < -0.3 is 10.2 Å². The summed E-state index contributed by atoms with van der Waals surface area (Å²) in [4.78, 5) is 14.3. The Bertz CT molecular complexity index is 378. The highest BCUT2D eigenvalue weighted by molar-refractivity contribution is 5.94. The van der Waals surface area contributed by atoms with Crippen LogP contribution in [-0.2, 0) is 0 Å². The molecule has 0 atom stereocenters. The topological polar surface area (TPSA) is 32.3 Å². The van der Waals surface area contributed by atoms with Gasteiger partial charge in [-0.05, 0) is 44.0 Å². The smallest absolute Gasteiger partial charge is 0.253 e. The number of benzene rings is 1. The second kappa shape index (κ2) is 6.43. The Morgan fingerprint density at radius 1 is 1.11 bits per heavy atom. The number of carbonyl (C=O) groups is 1. The number of carbonyl (C=O) groups excluding carboxylic acids is 1. The van der Waals surface area contributed by atoms with E-state index in [1.807, 2.05) is 29.2 Å². The highest BCUT2D eigenvalue weighted by Gasteiger charge is 2.16. The van der Waals surface area contributed by atoms with E-state index in [-0.39, 0.29) is 5.91 Å². The number of hydrogen-bond acceptors (Lipinski definition) is 2. The number of rotatable bonds is 3. The van der Waals surface area contributed by atoms with E-state index < -0.39 is 0 Å². The van der Waals surface area contributed by atoms with Crippen molar-refractivity contribution in [1.29, 1.82) is 0 Å². The molecule has 0 spiro atoms. The van der Waals surface area contributed by atoms with Crippen LogP contribution < -0.4 is 5.32 Å². The first-order valence-corrected chi connectivity index (χ1v) is 6.94. The molecule has 1 amide bonds. The van der Waals surface area contributed by atoms with Crippen LogP contribution in [0.2, 0.25) is 0 Å². The average Bonchev–Trinajstić information content (AvgIpc) is 2.68. The van der Waals surface area contributed by atoms with Gasteiger partial charge in [0.15, 0.2) is 0 Å². The fraction of sp³-hybridized carbons (Fsp3) is 0.533. The number of nitrogens with one attached hydrogen (secondary N) is 1. The van der Waals surface area contributed by atoms with Crippen molar-refractivity contribution in [3.63, 3.8) is 0 Å². The lowest BCUT2D eigenvalue weighted by Crippen LogP contribution is -2.31. The summed E-state index contributed by atoms with van der Waals surface area (Å²) in [5.74, 6) is 0.181. The van der Waals surface area contributed by atoms with E-state index in [0.29, 0.717) is 0 Å². The minimum absolute atomic E-state index is 0.181. The number of likely N-dealkylation sites (tertiary alicyclic amines) is 1. The van der Waals surface area contributed by atoms with Gasteiger partial charge in [-0.25, -0.2) is 0 Å². The van der Waals surface area contributed by atoms with Gasteiger partial charge in [0.1, 0.15) is 0 Å². The molecule has 0 bridgehead atoms. The maximum atomic E-state index is 12.3. The van der Waals surface area contributed by atoms with Gasteiger partial charge in [0.2, 0.25) is 0 Å². The van der Waals surface area contributed by atoms with Gasteiger partial charge >= 0.3 is 0 Å². The molecule has 3 heteroatoms. The van der Waals surface area contributed by atoms with Gasteiger partial charge in [0.25, 0.3) is 5.91 Å². The van der Waals surface area contributed by atoms with Crippen LogP contribution in [0.1, 0.15) is 43.0 Å². The van der Waals surface area contributed by atoms with Crippen LogP contribution >= 0.6 is 0 Å². The van der Waals surface area contributed by atoms with Crippen LogP contribution in [0.3, 0.4) is 0 Å². The van der Waals surface area contributed by atoms with E-state index in [4.69, 9.17) is 0 Å². The molecule has 18 heavy (non-hydrogen) atoms. The zero-order valence-electron chi connectivity index (χ0n) is 11.1. The molecule has 1 aliphatic rings. The average molecular weight is 246 g/mol. The van der Waals surface area contributed by atoms with Crippen LogP contribution in [0, 0.1) is 0 Å². The fourth-order valence-corrected chi connectivity index (χ4v) is 2.39. The molecule has 1 heterocycles. The summed E-state index contributed by atoms with van der Waals surface area (Å²) in [6, 6.07) is 7.81. The Kier molecular flexibility index (Phi) is 4.62. The molecule has 2 rings (SSSR count). The third-order valence-electron chi connectivity index (χ3n) is 3.41. The summed E-state index contributed by atoms with van der Waals surface area (Å²) in [6.45, 7) is 4.79. The van der Waals surface area contributed by atoms with E-state index in [1.165, 1.54) is 12.8 Å². The summed E-state index contributed by atoms with van der Waals surface area (Å²) in [5.41, 5.74) is 1.88. The normalized spacial score (nSPS) is 16.2. The van der Waals surface area contributed by atoms with Crippen molar-refractivity contribution in [2.24, 2.45) is 0 Å². The van der Waals surface area contributed by atoms with Crippen molar-refractivity contribution >= 4 is 11.6 Å². The third kappa shape index (κ3) is 3.25. The Hall–Kier alpha value is -1.51. The quantitative estimate of drug-likeness (QED) is 0.888. The molecule has 1 N–H and O–H groups in total. The summed E-state index contributed by atoms with van der Waals surface area (Å²) < 4.78 is 0. The Labute approximate surface area is 109 Å². The van der Waals surface area contributed by atoms with Crippen molar-refractivity contribution < 1.29 is 4.79 Å². The fourth-order valence-electron chi connectivity index (χ4n) is 2.39. The van der Waals surface area contributed by atoms with Crippen molar-refractivity contribution in [3.05, 3.63) is 29.8 Å². The molecule has 0 saturated carbocycles. The molecule has 1 saturated heterocycles. The van der Waals surface area contributed by atoms with Crippen molar-refractivity contribution in [2.75, 3.05) is 25.0 Å². The van der Waals surface area contributed by atoms with E-state index in [1.54, 1.807) is 0 Å². The largest absolute Gasteiger partial charge is 0.385 e. The van der Waals surface area contributed by atoms with Crippen LogP contribution in [0.5, 0.6) is 0 Å². The summed E-state index contributed by atoms with van der Waals surface area (Å²) >= 11 is 0. The first-order valence-electron chi connectivity index (χ1n) is 6.94. The van der Waals surface area contributed by atoms with Crippen molar-refractivity contribution in [1.82, 2.24) is 4.90 Å². The van der Waals surface area contributed by atoms with Crippen molar-refractivity contribution in [3.8, 4) is 0 Å². The molecule has 0 radical (unpaired) electrons. The summed E-state index contributed by atoms with van der Waals surface area (Å²) in [7, 11) is 0. The minimum Gasteiger partial charge on any atom is -0.385 e. The molecule has 0 aromatic heterocycles. The zero-order valence-corrected chi connectivity index (χ0v) is 11.1. The zero-order chi connectivity index (χ0) is 12.8. The molecular weight excluding hydrogens is 224 g/mol. The second-order valence-electron chi connectivity index (χ2n) is 4.81. The first kappa shape index (κ1) is 12.9. The van der Waals surface area contributed by atoms with Crippen LogP contribution in [0.4, 0.5) is 5.69 Å². The number of hydrogen-bond donors (Lipinski definition) is 1. The highest BCUT2D eigenvalue weighted by Crippen LogP contribution is 2.15. The minimum atomic E-state index is 0.181. The number of nitrogens with zero attached hydrogens (tertiary/aromatic N) is 1. The lowest BCUT2D eigenvalue weighted by atomic mass is 10.1. The summed E-state index contributed by atoms with van der Waals surface area (Å²) in [6.07, 6.45) is 4.79. The van der Waals surface area contributed by atoms with E-state index in [9.17, 15) is 4.79 Å². The van der Waals surface area contributed by atoms with E-state index in [0.717, 1.165) is 43.7 Å². The number of amides is 1. The Morgan fingerprint density at radius 3 is 2.28 bits per heavy atom. The van der Waals surface area contributed by atoms with Gasteiger partial charge in [-0.2, -0.15) is 0 Å². The van der Waals surface area contributed by atoms with Gasteiger partial charge in [0.05, 0.1) is 0 Å². The Morgan fingerprint density at radius 2 is 1.72 bits per heavy atom. The molecule has 0 aliphatic carbocycles. The third-order valence-corrected chi connectivity index (χ3v) is 3.41. The molecule has 1 aromatic carbocycles. The monoisotopic (exact) mass is 246 g/mol. The Balaban J connectivity index is 2.02. The molecule has 1 aromatic rings. The molecular formula is C15H22N2O. The van der Waals surface area contributed by atoms with E-state index in [2.05, 4.69) is 12.2 Å². The maximum absolute atomic E-state index is 12.3. The second-order valence-corrected chi connectivity index (χ2v) is 4.81. The van der Waals surface area contributed by atoms with E-state index >= 15 is 0 Å². The molecule has 3 nitrogen and oxygen atoms in total. The van der Waals surface area contributed by atoms with Crippen LogP contribution in [-0.4, -0.2) is 30.4 Å². The van der Waals surface area contributed by atoms with Gasteiger partial charge in [-0.15, -0.1) is 0 Å².